The van der Waals surface area contributed by atoms with Gasteiger partial charge in [0.05, 0.1) is 16.6 Å². The molecule has 0 fully saturated rings. The molecule has 0 amide bonds. The Bertz CT molecular complexity index is 2250. The van der Waals surface area contributed by atoms with E-state index in [4.69, 9.17) is 23.2 Å². The van der Waals surface area contributed by atoms with Crippen LogP contribution >= 0.6 is 23.2 Å². The molecule has 0 aliphatic rings. The first kappa shape index (κ1) is 24.6. The summed E-state index contributed by atoms with van der Waals surface area (Å²) in [5.74, 6) is 0. The Kier molecular flexibility index (Phi) is 5.96. The van der Waals surface area contributed by atoms with Crippen LogP contribution in [0.4, 0.5) is 0 Å². The van der Waals surface area contributed by atoms with Gasteiger partial charge in [-0.05, 0) is 77.6 Å². The van der Waals surface area contributed by atoms with Crippen molar-refractivity contribution < 1.29 is 0 Å². The lowest BCUT2D eigenvalue weighted by Gasteiger charge is -2.16. The quantitative estimate of drug-likeness (QED) is 0.213. The summed E-state index contributed by atoms with van der Waals surface area (Å²) in [5, 5.41) is 3.61. The molecule has 0 radical (unpaired) electrons. The molecule has 0 bridgehead atoms. The Morgan fingerprint density at radius 1 is 0.500 bits per heavy atom. The summed E-state index contributed by atoms with van der Waals surface area (Å²) >= 11 is 13.1. The standard InChI is InChI=1S/C34H22Cl2N2O2/c35-26-10-4-1-7-20(26)15-19-13-14-29-32(23(19)16-21-8-2-5-11-27(21)36)34(40)25-18-30-24(17-31(25)38-29)33(39)22-9-3-6-12-28(22)37-30/h1-14,17-18H,15-16H2,(H,37,39)(H,38,40). The number of pyridine rings is 2. The van der Waals surface area contributed by atoms with E-state index in [1.807, 2.05) is 84.9 Å². The second-order valence-electron chi connectivity index (χ2n) is 10.1. The summed E-state index contributed by atoms with van der Waals surface area (Å²) < 4.78 is 0. The molecule has 0 atom stereocenters. The largest absolute Gasteiger partial charge is 0.354 e. The monoisotopic (exact) mass is 560 g/mol. The predicted octanol–water partition coefficient (Wildman–Crippen LogP) is 8.16. The normalized spacial score (nSPS) is 11.7. The Balaban J connectivity index is 1.53. The fraction of sp³-hybridized carbons (Fsp3) is 0.0588. The summed E-state index contributed by atoms with van der Waals surface area (Å²) in [6, 6.07) is 30.4. The molecule has 7 aromatic rings. The average Bonchev–Trinajstić information content (AvgIpc) is 2.96. The van der Waals surface area contributed by atoms with E-state index in [0.29, 0.717) is 61.0 Å². The van der Waals surface area contributed by atoms with Crippen molar-refractivity contribution in [1.29, 1.82) is 0 Å². The number of rotatable bonds is 4. The third kappa shape index (κ3) is 4.08. The molecule has 0 aliphatic carbocycles. The molecule has 0 aliphatic heterocycles. The van der Waals surface area contributed by atoms with Crippen molar-refractivity contribution in [3.05, 3.63) is 150 Å². The van der Waals surface area contributed by atoms with Crippen molar-refractivity contribution in [3.63, 3.8) is 0 Å². The summed E-state index contributed by atoms with van der Waals surface area (Å²) in [4.78, 5) is 34.4. The van der Waals surface area contributed by atoms with Crippen molar-refractivity contribution >= 4 is 66.8 Å². The number of aromatic nitrogens is 2. The topological polar surface area (TPSA) is 65.7 Å². The van der Waals surface area contributed by atoms with Crippen molar-refractivity contribution in [2.75, 3.05) is 0 Å². The molecule has 2 aromatic heterocycles. The minimum absolute atomic E-state index is 0.0679. The van der Waals surface area contributed by atoms with Crippen LogP contribution in [0.25, 0.3) is 43.6 Å². The molecule has 40 heavy (non-hydrogen) atoms. The average molecular weight is 561 g/mol. The van der Waals surface area contributed by atoms with Crippen LogP contribution in [-0.4, -0.2) is 9.97 Å². The first-order valence-corrected chi connectivity index (χ1v) is 13.8. The van der Waals surface area contributed by atoms with Crippen molar-refractivity contribution in [3.8, 4) is 0 Å². The van der Waals surface area contributed by atoms with Gasteiger partial charge in [0.25, 0.3) is 0 Å². The summed E-state index contributed by atoms with van der Waals surface area (Å²) in [6.07, 6.45) is 1.06. The lowest BCUT2D eigenvalue weighted by atomic mass is 9.91. The molecule has 6 heteroatoms. The molecule has 0 saturated carbocycles. The molecule has 2 heterocycles. The highest BCUT2D eigenvalue weighted by atomic mass is 35.5. The number of halogens is 2. The minimum Gasteiger partial charge on any atom is -0.354 e. The molecule has 0 unspecified atom stereocenters. The zero-order valence-electron chi connectivity index (χ0n) is 21.2. The van der Waals surface area contributed by atoms with E-state index in [-0.39, 0.29) is 10.9 Å². The molecular formula is C34H22Cl2N2O2. The zero-order valence-corrected chi connectivity index (χ0v) is 22.7. The van der Waals surface area contributed by atoms with E-state index < -0.39 is 0 Å². The van der Waals surface area contributed by atoms with E-state index in [9.17, 15) is 9.59 Å². The van der Waals surface area contributed by atoms with E-state index in [1.165, 1.54) is 0 Å². The number of nitrogens with one attached hydrogen (secondary N) is 2. The zero-order chi connectivity index (χ0) is 27.4. The maximum Gasteiger partial charge on any atom is 0.197 e. The molecule has 0 saturated heterocycles. The van der Waals surface area contributed by atoms with Gasteiger partial charge in [-0.15, -0.1) is 0 Å². The first-order valence-electron chi connectivity index (χ1n) is 13.0. The molecule has 7 rings (SSSR count). The number of benzene rings is 5. The summed E-state index contributed by atoms with van der Waals surface area (Å²) in [6.45, 7) is 0. The van der Waals surface area contributed by atoms with Gasteiger partial charge in [0.1, 0.15) is 0 Å². The Labute approximate surface area is 238 Å². The van der Waals surface area contributed by atoms with Crippen LogP contribution in [0.5, 0.6) is 0 Å². The molecule has 4 nitrogen and oxygen atoms in total. The lowest BCUT2D eigenvalue weighted by molar-refractivity contribution is 1.10. The summed E-state index contributed by atoms with van der Waals surface area (Å²) in [5.41, 5.74) is 6.35. The molecule has 2 N–H and O–H groups in total. The van der Waals surface area contributed by atoms with Gasteiger partial charge in [-0.2, -0.15) is 0 Å². The van der Waals surface area contributed by atoms with Crippen LogP contribution < -0.4 is 10.9 Å². The fourth-order valence-corrected chi connectivity index (χ4v) is 6.05. The van der Waals surface area contributed by atoms with Crippen molar-refractivity contribution in [2.45, 2.75) is 12.8 Å². The molecular weight excluding hydrogens is 539 g/mol. The second kappa shape index (κ2) is 9.67. The molecule has 5 aromatic carbocycles. The van der Waals surface area contributed by atoms with Gasteiger partial charge in [0.2, 0.25) is 0 Å². The van der Waals surface area contributed by atoms with Gasteiger partial charge in [0.15, 0.2) is 10.9 Å². The SMILES string of the molecule is O=c1c2ccccc2[nH]c2cc3c(=O)c4c(Cc5ccccc5Cl)c(Cc5ccccc5Cl)ccc4[nH]c3cc12. The second-order valence-corrected chi connectivity index (χ2v) is 10.9. The maximum absolute atomic E-state index is 14.3. The number of hydrogen-bond donors (Lipinski definition) is 2. The highest BCUT2D eigenvalue weighted by Gasteiger charge is 2.18. The van der Waals surface area contributed by atoms with E-state index in [2.05, 4.69) is 9.97 Å². The van der Waals surface area contributed by atoms with Gasteiger partial charge in [-0.1, -0.05) is 77.8 Å². The van der Waals surface area contributed by atoms with Crippen LogP contribution in [0.1, 0.15) is 22.3 Å². The smallest absolute Gasteiger partial charge is 0.197 e. The van der Waals surface area contributed by atoms with Crippen LogP contribution in [-0.2, 0) is 12.8 Å². The van der Waals surface area contributed by atoms with E-state index >= 15 is 0 Å². The van der Waals surface area contributed by atoms with Crippen LogP contribution in [0.15, 0.2) is 107 Å². The van der Waals surface area contributed by atoms with Crippen molar-refractivity contribution in [1.82, 2.24) is 9.97 Å². The predicted molar refractivity (Wildman–Crippen MR) is 166 cm³/mol. The van der Waals surface area contributed by atoms with E-state index in [1.54, 1.807) is 12.1 Å². The highest BCUT2D eigenvalue weighted by Crippen LogP contribution is 2.30. The summed E-state index contributed by atoms with van der Waals surface area (Å²) in [7, 11) is 0. The van der Waals surface area contributed by atoms with Crippen LogP contribution in [0.2, 0.25) is 10.0 Å². The Hall–Kier alpha value is -4.38. The van der Waals surface area contributed by atoms with Gasteiger partial charge in [-0.3, -0.25) is 9.59 Å². The van der Waals surface area contributed by atoms with Gasteiger partial charge < -0.3 is 9.97 Å². The molecule has 0 spiro atoms. The van der Waals surface area contributed by atoms with Gasteiger partial charge >= 0.3 is 0 Å². The van der Waals surface area contributed by atoms with Crippen LogP contribution in [0.3, 0.4) is 0 Å². The number of aromatic amines is 2. The fourth-order valence-electron chi connectivity index (χ4n) is 5.64. The van der Waals surface area contributed by atoms with Gasteiger partial charge in [-0.25, -0.2) is 0 Å². The number of hydrogen-bond acceptors (Lipinski definition) is 2. The number of H-pyrrole nitrogens is 2. The third-order valence-electron chi connectivity index (χ3n) is 7.66. The first-order chi connectivity index (χ1) is 19.5. The maximum atomic E-state index is 14.3. The van der Waals surface area contributed by atoms with Crippen molar-refractivity contribution in [2.24, 2.45) is 0 Å². The Morgan fingerprint density at radius 3 is 1.77 bits per heavy atom. The number of para-hydroxylation sites is 1. The molecule has 194 valence electrons. The minimum atomic E-state index is -0.0947. The number of fused-ring (bicyclic) bond motifs is 4. The van der Waals surface area contributed by atoms with Gasteiger partial charge in [0, 0.05) is 37.1 Å². The van der Waals surface area contributed by atoms with Crippen LogP contribution in [0, 0.1) is 0 Å². The Morgan fingerprint density at radius 2 is 1.07 bits per heavy atom. The third-order valence-corrected chi connectivity index (χ3v) is 8.40. The lowest BCUT2D eigenvalue weighted by Crippen LogP contribution is -2.11. The van der Waals surface area contributed by atoms with E-state index in [0.717, 1.165) is 27.8 Å². The highest BCUT2D eigenvalue weighted by molar-refractivity contribution is 6.31.